The van der Waals surface area contributed by atoms with Crippen LogP contribution in [0.1, 0.15) is 59.3 Å². The van der Waals surface area contributed by atoms with Crippen LogP contribution in [0.3, 0.4) is 0 Å². The van der Waals surface area contributed by atoms with E-state index in [4.69, 9.17) is 4.52 Å². The molecule has 1 aliphatic rings. The standard InChI is InChI=1S/C15H21N5O2/c1-10-13(11(2)19(3)17-10)15(21)20-8-6-4-5-7-12(20)14-16-9-22-18-14/h9,12H,4-8H2,1-3H3. The van der Waals surface area contributed by atoms with E-state index in [0.717, 1.165) is 37.1 Å². The van der Waals surface area contributed by atoms with E-state index in [1.165, 1.54) is 6.39 Å². The molecule has 0 radical (unpaired) electrons. The van der Waals surface area contributed by atoms with E-state index < -0.39 is 0 Å². The van der Waals surface area contributed by atoms with Crippen LogP contribution in [0.4, 0.5) is 0 Å². The predicted octanol–water partition coefficient (Wildman–Crippen LogP) is 2.18. The smallest absolute Gasteiger partial charge is 0.258 e. The lowest BCUT2D eigenvalue weighted by molar-refractivity contribution is 0.0668. The molecule has 1 saturated heterocycles. The second kappa shape index (κ2) is 5.90. The maximum atomic E-state index is 13.1. The van der Waals surface area contributed by atoms with Crippen LogP contribution < -0.4 is 0 Å². The summed E-state index contributed by atoms with van der Waals surface area (Å²) in [6.45, 7) is 4.52. The number of aromatic nitrogens is 4. The fraction of sp³-hybridized carbons (Fsp3) is 0.600. The molecule has 0 bridgehead atoms. The van der Waals surface area contributed by atoms with Gasteiger partial charge in [-0.25, -0.2) is 0 Å². The zero-order valence-corrected chi connectivity index (χ0v) is 13.2. The summed E-state index contributed by atoms with van der Waals surface area (Å²) >= 11 is 0. The SMILES string of the molecule is Cc1nn(C)c(C)c1C(=O)N1CCCCCC1c1ncon1. The predicted molar refractivity (Wildman–Crippen MR) is 79.2 cm³/mol. The third-order valence-corrected chi connectivity index (χ3v) is 4.41. The molecule has 0 aliphatic carbocycles. The maximum Gasteiger partial charge on any atom is 0.258 e. The van der Waals surface area contributed by atoms with Gasteiger partial charge in [-0.3, -0.25) is 9.48 Å². The lowest BCUT2D eigenvalue weighted by Gasteiger charge is -2.28. The zero-order chi connectivity index (χ0) is 15.7. The first-order chi connectivity index (χ1) is 10.6. The summed E-state index contributed by atoms with van der Waals surface area (Å²) in [6, 6.07) is -0.118. The number of aryl methyl sites for hydroxylation is 2. The number of carbonyl (C=O) groups excluding carboxylic acids is 1. The molecule has 3 rings (SSSR count). The quantitative estimate of drug-likeness (QED) is 0.849. The highest BCUT2D eigenvalue weighted by Gasteiger charge is 2.32. The molecule has 0 saturated carbocycles. The highest BCUT2D eigenvalue weighted by atomic mass is 16.5. The van der Waals surface area contributed by atoms with Crippen molar-refractivity contribution in [2.24, 2.45) is 7.05 Å². The molecule has 2 aromatic heterocycles. The molecule has 0 N–H and O–H groups in total. The number of rotatable bonds is 2. The van der Waals surface area contributed by atoms with Gasteiger partial charge < -0.3 is 9.42 Å². The summed E-state index contributed by atoms with van der Waals surface area (Å²) in [5.41, 5.74) is 2.35. The Labute approximate surface area is 129 Å². The second-order valence-electron chi connectivity index (χ2n) is 5.82. The van der Waals surface area contributed by atoms with Crippen molar-refractivity contribution in [2.45, 2.75) is 45.6 Å². The van der Waals surface area contributed by atoms with Crippen molar-refractivity contribution in [3.8, 4) is 0 Å². The van der Waals surface area contributed by atoms with Gasteiger partial charge in [0.15, 0.2) is 5.82 Å². The van der Waals surface area contributed by atoms with Gasteiger partial charge in [0.05, 0.1) is 17.3 Å². The Morgan fingerprint density at radius 3 is 2.77 bits per heavy atom. The van der Waals surface area contributed by atoms with Crippen molar-refractivity contribution in [1.82, 2.24) is 24.8 Å². The molecule has 1 amide bonds. The van der Waals surface area contributed by atoms with Crippen LogP contribution in [0.5, 0.6) is 0 Å². The lowest BCUT2D eigenvalue weighted by Crippen LogP contribution is -2.36. The van der Waals surface area contributed by atoms with Gasteiger partial charge in [0.1, 0.15) is 0 Å². The minimum atomic E-state index is -0.118. The molecule has 118 valence electrons. The lowest BCUT2D eigenvalue weighted by atomic mass is 10.1. The van der Waals surface area contributed by atoms with E-state index in [0.29, 0.717) is 17.9 Å². The number of likely N-dealkylation sites (tertiary alicyclic amines) is 1. The first-order valence-corrected chi connectivity index (χ1v) is 7.67. The van der Waals surface area contributed by atoms with Gasteiger partial charge in [-0.05, 0) is 26.7 Å². The van der Waals surface area contributed by atoms with Gasteiger partial charge in [-0.15, -0.1) is 0 Å². The van der Waals surface area contributed by atoms with E-state index in [2.05, 4.69) is 15.2 Å². The molecule has 1 atom stereocenters. The molecular formula is C15H21N5O2. The normalized spacial score (nSPS) is 19.2. The second-order valence-corrected chi connectivity index (χ2v) is 5.82. The van der Waals surface area contributed by atoms with E-state index in [9.17, 15) is 4.79 Å². The first-order valence-electron chi connectivity index (χ1n) is 7.67. The fourth-order valence-corrected chi connectivity index (χ4v) is 3.17. The summed E-state index contributed by atoms with van der Waals surface area (Å²) in [7, 11) is 1.86. The summed E-state index contributed by atoms with van der Waals surface area (Å²) in [5.74, 6) is 0.606. The number of amides is 1. The maximum absolute atomic E-state index is 13.1. The fourth-order valence-electron chi connectivity index (χ4n) is 3.17. The molecule has 22 heavy (non-hydrogen) atoms. The van der Waals surface area contributed by atoms with Crippen LogP contribution in [0.2, 0.25) is 0 Å². The molecule has 1 unspecified atom stereocenters. The van der Waals surface area contributed by atoms with Crippen LogP contribution in [-0.4, -0.2) is 37.3 Å². The monoisotopic (exact) mass is 303 g/mol. The Balaban J connectivity index is 1.97. The van der Waals surface area contributed by atoms with E-state index in [1.807, 2.05) is 25.8 Å². The number of carbonyl (C=O) groups is 1. The van der Waals surface area contributed by atoms with Crippen LogP contribution >= 0.6 is 0 Å². The first kappa shape index (κ1) is 14.7. The number of nitrogens with zero attached hydrogens (tertiary/aromatic N) is 5. The molecule has 7 heteroatoms. The van der Waals surface area contributed by atoms with E-state index in [-0.39, 0.29) is 11.9 Å². The summed E-state index contributed by atoms with van der Waals surface area (Å²) < 4.78 is 6.63. The van der Waals surface area contributed by atoms with Gasteiger partial charge in [0, 0.05) is 19.3 Å². The molecule has 1 fully saturated rings. The number of hydrogen-bond donors (Lipinski definition) is 0. The molecule has 2 aromatic rings. The van der Waals surface area contributed by atoms with Gasteiger partial charge in [0.25, 0.3) is 5.91 Å². The average molecular weight is 303 g/mol. The summed E-state index contributed by atoms with van der Waals surface area (Å²) in [5, 5.41) is 8.31. The minimum Gasteiger partial charge on any atom is -0.343 e. The van der Waals surface area contributed by atoms with Crippen LogP contribution in [0.25, 0.3) is 0 Å². The molecule has 0 spiro atoms. The van der Waals surface area contributed by atoms with E-state index >= 15 is 0 Å². The van der Waals surface area contributed by atoms with E-state index in [1.54, 1.807) is 4.68 Å². The van der Waals surface area contributed by atoms with Crippen LogP contribution in [0, 0.1) is 13.8 Å². The van der Waals surface area contributed by atoms with Crippen LogP contribution in [-0.2, 0) is 7.05 Å². The Kier molecular flexibility index (Phi) is 3.96. The van der Waals surface area contributed by atoms with Crippen molar-refractivity contribution in [1.29, 1.82) is 0 Å². The molecule has 7 nitrogen and oxygen atoms in total. The molecular weight excluding hydrogens is 282 g/mol. The zero-order valence-electron chi connectivity index (χ0n) is 13.2. The Morgan fingerprint density at radius 2 is 2.14 bits per heavy atom. The van der Waals surface area contributed by atoms with Crippen molar-refractivity contribution >= 4 is 5.91 Å². The Bertz CT molecular complexity index is 662. The average Bonchev–Trinajstić information content (AvgIpc) is 3.01. The van der Waals surface area contributed by atoms with Gasteiger partial charge in [0.2, 0.25) is 6.39 Å². The Hall–Kier alpha value is -2.18. The van der Waals surface area contributed by atoms with Gasteiger partial charge in [-0.1, -0.05) is 18.0 Å². The highest BCUT2D eigenvalue weighted by Crippen LogP contribution is 2.30. The van der Waals surface area contributed by atoms with Crippen molar-refractivity contribution in [2.75, 3.05) is 6.54 Å². The van der Waals surface area contributed by atoms with Gasteiger partial charge in [-0.2, -0.15) is 10.1 Å². The summed E-state index contributed by atoms with van der Waals surface area (Å²) in [4.78, 5) is 19.1. The van der Waals surface area contributed by atoms with Crippen molar-refractivity contribution in [3.63, 3.8) is 0 Å². The summed E-state index contributed by atoms with van der Waals surface area (Å²) in [6.07, 6.45) is 5.36. The third kappa shape index (κ3) is 2.51. The largest absolute Gasteiger partial charge is 0.343 e. The third-order valence-electron chi connectivity index (χ3n) is 4.41. The van der Waals surface area contributed by atoms with Crippen molar-refractivity contribution in [3.05, 3.63) is 29.2 Å². The van der Waals surface area contributed by atoms with Crippen molar-refractivity contribution < 1.29 is 9.32 Å². The highest BCUT2D eigenvalue weighted by molar-refractivity contribution is 5.96. The number of hydrogen-bond acceptors (Lipinski definition) is 5. The molecule has 1 aliphatic heterocycles. The minimum absolute atomic E-state index is 0.0137. The topological polar surface area (TPSA) is 77.0 Å². The molecule has 3 heterocycles. The van der Waals surface area contributed by atoms with Crippen LogP contribution in [0.15, 0.2) is 10.9 Å². The van der Waals surface area contributed by atoms with Gasteiger partial charge >= 0.3 is 0 Å². The Morgan fingerprint density at radius 1 is 1.32 bits per heavy atom. The molecule has 0 aromatic carbocycles.